The van der Waals surface area contributed by atoms with E-state index in [4.69, 9.17) is 5.11 Å². The van der Waals surface area contributed by atoms with E-state index >= 15 is 0 Å². The molecule has 0 amide bonds. The summed E-state index contributed by atoms with van der Waals surface area (Å²) in [6.45, 7) is 5.81. The molecule has 0 aliphatic rings. The highest BCUT2D eigenvalue weighted by molar-refractivity contribution is 7.17. The van der Waals surface area contributed by atoms with Crippen molar-refractivity contribution in [1.82, 2.24) is 4.98 Å². The van der Waals surface area contributed by atoms with E-state index in [1.165, 1.54) is 22.5 Å². The zero-order valence-corrected chi connectivity index (χ0v) is 11.9. The van der Waals surface area contributed by atoms with E-state index in [1.807, 2.05) is 19.1 Å². The number of hydrogen-bond acceptors (Lipinski definition) is 4. The van der Waals surface area contributed by atoms with Crippen molar-refractivity contribution in [3.8, 4) is 0 Å². The fraction of sp³-hybridized carbons (Fsp3) is 0.286. The SMILES string of the molecule is Cc1ccccc1C(C)Nc1nc(C)c(C(=O)O)s1. The van der Waals surface area contributed by atoms with Gasteiger partial charge in [-0.25, -0.2) is 9.78 Å². The molecule has 1 unspecified atom stereocenters. The quantitative estimate of drug-likeness (QED) is 0.895. The number of carboxylic acid groups (broad SMARTS) is 1. The third-order valence-electron chi connectivity index (χ3n) is 2.99. The summed E-state index contributed by atoms with van der Waals surface area (Å²) in [5, 5.41) is 12.9. The number of carbonyl (C=O) groups is 1. The molecule has 1 aromatic carbocycles. The van der Waals surface area contributed by atoms with Gasteiger partial charge >= 0.3 is 5.97 Å². The Kier molecular flexibility index (Phi) is 3.85. The van der Waals surface area contributed by atoms with E-state index in [0.29, 0.717) is 15.7 Å². The minimum atomic E-state index is -0.924. The molecule has 0 fully saturated rings. The third kappa shape index (κ3) is 2.93. The van der Waals surface area contributed by atoms with E-state index in [2.05, 4.69) is 29.4 Å². The van der Waals surface area contributed by atoms with Gasteiger partial charge in [-0.1, -0.05) is 35.6 Å². The summed E-state index contributed by atoms with van der Waals surface area (Å²) in [5.74, 6) is -0.924. The van der Waals surface area contributed by atoms with Gasteiger partial charge in [0, 0.05) is 0 Å². The molecule has 0 aliphatic heterocycles. The van der Waals surface area contributed by atoms with Gasteiger partial charge in [0.2, 0.25) is 0 Å². The van der Waals surface area contributed by atoms with Crippen molar-refractivity contribution in [3.05, 3.63) is 46.0 Å². The van der Waals surface area contributed by atoms with Crippen LogP contribution in [-0.4, -0.2) is 16.1 Å². The molecule has 4 nitrogen and oxygen atoms in total. The molecule has 1 heterocycles. The average molecular weight is 276 g/mol. The predicted molar refractivity (Wildman–Crippen MR) is 77.0 cm³/mol. The molecular formula is C14H16N2O2S. The van der Waals surface area contributed by atoms with Crippen LogP contribution in [0.1, 0.15) is 39.5 Å². The van der Waals surface area contributed by atoms with Gasteiger partial charge in [-0.15, -0.1) is 0 Å². The molecular weight excluding hydrogens is 260 g/mol. The van der Waals surface area contributed by atoms with Crippen LogP contribution in [-0.2, 0) is 0 Å². The fourth-order valence-corrected chi connectivity index (χ4v) is 2.88. The van der Waals surface area contributed by atoms with Crippen LogP contribution >= 0.6 is 11.3 Å². The molecule has 5 heteroatoms. The number of rotatable bonds is 4. The molecule has 0 spiro atoms. The standard InChI is InChI=1S/C14H16N2O2S/c1-8-6-4-5-7-11(8)9(2)15-14-16-10(3)12(19-14)13(17)18/h4-7,9H,1-3H3,(H,15,16)(H,17,18). The molecule has 0 saturated carbocycles. The lowest BCUT2D eigenvalue weighted by Crippen LogP contribution is -2.07. The molecule has 2 N–H and O–H groups in total. The highest BCUT2D eigenvalue weighted by Gasteiger charge is 2.16. The molecule has 0 saturated heterocycles. The number of aryl methyl sites for hydroxylation is 2. The zero-order valence-electron chi connectivity index (χ0n) is 11.1. The number of benzene rings is 1. The van der Waals surface area contributed by atoms with Crippen molar-refractivity contribution in [2.24, 2.45) is 0 Å². The van der Waals surface area contributed by atoms with Gasteiger partial charge in [-0.05, 0) is 31.9 Å². The van der Waals surface area contributed by atoms with Crippen LogP contribution < -0.4 is 5.32 Å². The first-order valence-electron chi connectivity index (χ1n) is 6.02. The van der Waals surface area contributed by atoms with Crippen LogP contribution in [0.2, 0.25) is 0 Å². The van der Waals surface area contributed by atoms with Crippen molar-refractivity contribution in [1.29, 1.82) is 0 Å². The van der Waals surface area contributed by atoms with Crippen molar-refractivity contribution < 1.29 is 9.90 Å². The molecule has 1 atom stereocenters. The maximum absolute atomic E-state index is 11.0. The average Bonchev–Trinajstić information content (AvgIpc) is 2.70. The molecule has 2 aromatic rings. The summed E-state index contributed by atoms with van der Waals surface area (Å²) in [6, 6.07) is 8.21. The van der Waals surface area contributed by atoms with Gasteiger partial charge < -0.3 is 10.4 Å². The molecule has 1 aromatic heterocycles. The lowest BCUT2D eigenvalue weighted by atomic mass is 10.0. The first kappa shape index (κ1) is 13.5. The Bertz CT molecular complexity index is 607. The van der Waals surface area contributed by atoms with Gasteiger partial charge in [-0.2, -0.15) is 0 Å². The summed E-state index contributed by atoms with van der Waals surface area (Å²) in [4.78, 5) is 15.5. The van der Waals surface area contributed by atoms with Crippen molar-refractivity contribution in [2.75, 3.05) is 5.32 Å². The van der Waals surface area contributed by atoms with Crippen LogP contribution in [0, 0.1) is 13.8 Å². The number of nitrogens with one attached hydrogen (secondary N) is 1. The van der Waals surface area contributed by atoms with Gasteiger partial charge in [0.25, 0.3) is 0 Å². The molecule has 19 heavy (non-hydrogen) atoms. The number of hydrogen-bond donors (Lipinski definition) is 2. The normalized spacial score (nSPS) is 12.2. The number of anilines is 1. The molecule has 0 radical (unpaired) electrons. The maximum Gasteiger partial charge on any atom is 0.347 e. The van der Waals surface area contributed by atoms with E-state index in [0.717, 1.165) is 0 Å². The molecule has 100 valence electrons. The van der Waals surface area contributed by atoms with Crippen molar-refractivity contribution >= 4 is 22.4 Å². The number of aromatic nitrogens is 1. The van der Waals surface area contributed by atoms with E-state index in [9.17, 15) is 4.79 Å². The van der Waals surface area contributed by atoms with Crippen LogP contribution in [0.5, 0.6) is 0 Å². The van der Waals surface area contributed by atoms with E-state index < -0.39 is 5.97 Å². The van der Waals surface area contributed by atoms with Crippen LogP contribution in [0.25, 0.3) is 0 Å². The third-order valence-corrected chi connectivity index (χ3v) is 4.06. The van der Waals surface area contributed by atoms with E-state index in [1.54, 1.807) is 6.92 Å². The van der Waals surface area contributed by atoms with Crippen LogP contribution in [0.3, 0.4) is 0 Å². The Morgan fingerprint density at radius 1 is 1.37 bits per heavy atom. The zero-order chi connectivity index (χ0) is 14.0. The lowest BCUT2D eigenvalue weighted by molar-refractivity contribution is 0.0701. The Morgan fingerprint density at radius 3 is 2.63 bits per heavy atom. The van der Waals surface area contributed by atoms with Gasteiger partial charge in [0.15, 0.2) is 5.13 Å². The van der Waals surface area contributed by atoms with Crippen molar-refractivity contribution in [3.63, 3.8) is 0 Å². The number of carboxylic acids is 1. The minimum Gasteiger partial charge on any atom is -0.477 e. The fourth-order valence-electron chi connectivity index (χ4n) is 1.99. The summed E-state index contributed by atoms with van der Waals surface area (Å²) in [6.07, 6.45) is 0. The number of thiazole rings is 1. The van der Waals surface area contributed by atoms with Gasteiger partial charge in [0.05, 0.1) is 11.7 Å². The van der Waals surface area contributed by atoms with E-state index in [-0.39, 0.29) is 6.04 Å². The summed E-state index contributed by atoms with van der Waals surface area (Å²) >= 11 is 1.17. The summed E-state index contributed by atoms with van der Waals surface area (Å²) in [5.41, 5.74) is 2.94. The van der Waals surface area contributed by atoms with Gasteiger partial charge in [0.1, 0.15) is 4.88 Å². The molecule has 2 rings (SSSR count). The first-order chi connectivity index (χ1) is 8.99. The summed E-state index contributed by atoms with van der Waals surface area (Å²) in [7, 11) is 0. The molecule has 0 bridgehead atoms. The number of aromatic carboxylic acids is 1. The Balaban J connectivity index is 2.20. The number of nitrogens with zero attached hydrogens (tertiary/aromatic N) is 1. The Labute approximate surface area is 116 Å². The van der Waals surface area contributed by atoms with Gasteiger partial charge in [-0.3, -0.25) is 0 Å². The minimum absolute atomic E-state index is 0.0911. The Hall–Kier alpha value is -1.88. The van der Waals surface area contributed by atoms with Crippen LogP contribution in [0.4, 0.5) is 5.13 Å². The predicted octanol–water partition coefficient (Wildman–Crippen LogP) is 3.63. The second-order valence-corrected chi connectivity index (χ2v) is 5.46. The largest absolute Gasteiger partial charge is 0.477 e. The van der Waals surface area contributed by atoms with Crippen LogP contribution in [0.15, 0.2) is 24.3 Å². The maximum atomic E-state index is 11.0. The highest BCUT2D eigenvalue weighted by Crippen LogP contribution is 2.27. The first-order valence-corrected chi connectivity index (χ1v) is 6.83. The van der Waals surface area contributed by atoms with Crippen molar-refractivity contribution in [2.45, 2.75) is 26.8 Å². The topological polar surface area (TPSA) is 62.2 Å². The smallest absolute Gasteiger partial charge is 0.347 e. The lowest BCUT2D eigenvalue weighted by Gasteiger charge is -2.15. The molecule has 0 aliphatic carbocycles. The highest BCUT2D eigenvalue weighted by atomic mass is 32.1. The second-order valence-electron chi connectivity index (χ2n) is 4.46. The summed E-state index contributed by atoms with van der Waals surface area (Å²) < 4.78 is 0. The monoisotopic (exact) mass is 276 g/mol. The Morgan fingerprint density at radius 2 is 2.05 bits per heavy atom. The second kappa shape index (κ2) is 5.40.